The Bertz CT molecular complexity index is 450. The number of piperidine rings is 1. The first-order valence-electron chi connectivity index (χ1n) is 7.16. The van der Waals surface area contributed by atoms with Crippen molar-refractivity contribution in [3.63, 3.8) is 0 Å². The fourth-order valence-electron chi connectivity index (χ4n) is 2.71. The topological polar surface area (TPSA) is 38.1 Å². The van der Waals surface area contributed by atoms with Gasteiger partial charge < -0.3 is 9.47 Å². The Morgan fingerprint density at radius 1 is 1.58 bits per heavy atom. The number of hydrogen-bond acceptors (Lipinski definition) is 2. The van der Waals surface area contributed by atoms with Crippen molar-refractivity contribution in [2.75, 3.05) is 13.1 Å². The lowest BCUT2D eigenvalue weighted by molar-refractivity contribution is -0.131. The van der Waals surface area contributed by atoms with Crippen molar-refractivity contribution in [2.45, 2.75) is 45.6 Å². The van der Waals surface area contributed by atoms with Gasteiger partial charge >= 0.3 is 0 Å². The molecule has 1 saturated heterocycles. The maximum Gasteiger partial charge on any atom is 0.226 e. The number of rotatable bonds is 4. The van der Waals surface area contributed by atoms with Gasteiger partial charge in [-0.05, 0) is 26.7 Å². The molecule has 1 atom stereocenters. The highest BCUT2D eigenvalue weighted by atomic mass is 16.2. The Labute approximate surface area is 115 Å². The van der Waals surface area contributed by atoms with Crippen LogP contribution in [0, 0.1) is 0 Å². The Balaban J connectivity index is 2.03. The maximum atomic E-state index is 12.1. The van der Waals surface area contributed by atoms with Crippen LogP contribution in [0.2, 0.25) is 0 Å². The van der Waals surface area contributed by atoms with Crippen LogP contribution in [-0.2, 0) is 11.3 Å². The lowest BCUT2D eigenvalue weighted by Gasteiger charge is -2.32. The molecule has 2 rings (SSSR count). The molecule has 1 aliphatic heterocycles. The first-order chi connectivity index (χ1) is 9.26. The second-order valence-electron chi connectivity index (χ2n) is 5.02. The number of hydrogen-bond donors (Lipinski definition) is 0. The van der Waals surface area contributed by atoms with E-state index in [0.29, 0.717) is 12.3 Å². The van der Waals surface area contributed by atoms with Gasteiger partial charge in [0.25, 0.3) is 0 Å². The molecule has 1 amide bonds. The van der Waals surface area contributed by atoms with Crippen LogP contribution in [0.15, 0.2) is 24.5 Å². The molecule has 0 aromatic carbocycles. The highest BCUT2D eigenvalue weighted by Crippen LogP contribution is 2.26. The van der Waals surface area contributed by atoms with Crippen LogP contribution in [0.25, 0.3) is 0 Å². The highest BCUT2D eigenvalue weighted by Gasteiger charge is 2.26. The quantitative estimate of drug-likeness (QED) is 0.781. The molecule has 0 aliphatic carbocycles. The first kappa shape index (κ1) is 13.8. The van der Waals surface area contributed by atoms with E-state index in [1.165, 1.54) is 0 Å². The summed E-state index contributed by atoms with van der Waals surface area (Å²) in [6, 6.07) is 0. The van der Waals surface area contributed by atoms with E-state index in [4.69, 9.17) is 0 Å². The van der Waals surface area contributed by atoms with E-state index in [1.54, 1.807) is 0 Å². The number of imidazole rings is 1. The van der Waals surface area contributed by atoms with Crippen molar-refractivity contribution in [3.8, 4) is 0 Å². The molecule has 0 spiro atoms. The summed E-state index contributed by atoms with van der Waals surface area (Å²) >= 11 is 0. The third kappa shape index (κ3) is 3.25. The lowest BCUT2D eigenvalue weighted by Crippen LogP contribution is -2.39. The molecule has 104 valence electrons. The van der Waals surface area contributed by atoms with E-state index < -0.39 is 0 Å². The van der Waals surface area contributed by atoms with Gasteiger partial charge in [-0.3, -0.25) is 4.79 Å². The molecular formula is C15H23N3O. The SMILES string of the molecule is CC=CCC(=O)N1CCCC(c2nccn2CC)C1. The third-order valence-corrected chi connectivity index (χ3v) is 3.76. The first-order valence-corrected chi connectivity index (χ1v) is 7.16. The van der Waals surface area contributed by atoms with E-state index in [0.717, 1.165) is 38.3 Å². The van der Waals surface area contributed by atoms with Gasteiger partial charge in [0.05, 0.1) is 0 Å². The molecule has 0 saturated carbocycles. The molecule has 0 N–H and O–H groups in total. The Morgan fingerprint density at radius 2 is 2.42 bits per heavy atom. The minimum atomic E-state index is 0.234. The molecule has 19 heavy (non-hydrogen) atoms. The van der Waals surface area contributed by atoms with Gasteiger partial charge in [-0.15, -0.1) is 0 Å². The normalized spacial score (nSPS) is 20.1. The number of carbonyl (C=O) groups is 1. The maximum absolute atomic E-state index is 12.1. The molecule has 4 nitrogen and oxygen atoms in total. The summed E-state index contributed by atoms with van der Waals surface area (Å²) in [6.45, 7) is 6.72. The summed E-state index contributed by atoms with van der Waals surface area (Å²) in [5, 5.41) is 0. The second-order valence-corrected chi connectivity index (χ2v) is 5.02. The van der Waals surface area contributed by atoms with Gasteiger partial charge in [0.2, 0.25) is 5.91 Å². The average Bonchev–Trinajstić information content (AvgIpc) is 2.93. The van der Waals surface area contributed by atoms with Gasteiger partial charge in [0.15, 0.2) is 0 Å². The van der Waals surface area contributed by atoms with Crippen LogP contribution in [-0.4, -0.2) is 33.4 Å². The van der Waals surface area contributed by atoms with Crippen LogP contribution in [0.4, 0.5) is 0 Å². The van der Waals surface area contributed by atoms with Crippen molar-refractivity contribution >= 4 is 5.91 Å². The third-order valence-electron chi connectivity index (χ3n) is 3.76. The van der Waals surface area contributed by atoms with Crippen molar-refractivity contribution in [1.82, 2.24) is 14.5 Å². The van der Waals surface area contributed by atoms with E-state index in [1.807, 2.05) is 36.4 Å². The number of aryl methyl sites for hydroxylation is 1. The van der Waals surface area contributed by atoms with Gasteiger partial charge in [0.1, 0.15) is 5.82 Å². The molecule has 1 fully saturated rings. The standard InChI is InChI=1S/C15H23N3O/c1-3-5-8-14(19)18-10-6-7-13(12-18)15-16-9-11-17(15)4-2/h3,5,9,11,13H,4,6-8,10,12H2,1-2H3. The monoisotopic (exact) mass is 261 g/mol. The number of carbonyl (C=O) groups excluding carboxylic acids is 1. The zero-order valence-electron chi connectivity index (χ0n) is 11.9. The summed E-state index contributed by atoms with van der Waals surface area (Å²) in [5.41, 5.74) is 0. The van der Waals surface area contributed by atoms with Crippen LogP contribution >= 0.6 is 0 Å². The summed E-state index contributed by atoms with van der Waals surface area (Å²) in [5.74, 6) is 1.75. The minimum Gasteiger partial charge on any atom is -0.342 e. The van der Waals surface area contributed by atoms with Crippen molar-refractivity contribution < 1.29 is 4.79 Å². The minimum absolute atomic E-state index is 0.234. The smallest absolute Gasteiger partial charge is 0.226 e. The van der Waals surface area contributed by atoms with Gasteiger partial charge in [-0.25, -0.2) is 4.98 Å². The fourth-order valence-corrected chi connectivity index (χ4v) is 2.71. The van der Waals surface area contributed by atoms with E-state index in [2.05, 4.69) is 16.5 Å². The molecule has 2 heterocycles. The largest absolute Gasteiger partial charge is 0.342 e. The van der Waals surface area contributed by atoms with E-state index in [-0.39, 0.29) is 5.91 Å². The summed E-state index contributed by atoms with van der Waals surface area (Å²) in [7, 11) is 0. The second kappa shape index (κ2) is 6.55. The molecule has 0 bridgehead atoms. The Hall–Kier alpha value is -1.58. The number of nitrogens with zero attached hydrogens (tertiary/aromatic N) is 3. The van der Waals surface area contributed by atoms with Gasteiger partial charge in [0, 0.05) is 44.4 Å². The number of amides is 1. The highest BCUT2D eigenvalue weighted by molar-refractivity contribution is 5.77. The molecule has 4 heteroatoms. The number of aromatic nitrogens is 2. The number of allylic oxidation sites excluding steroid dienone is 1. The average molecular weight is 261 g/mol. The Morgan fingerprint density at radius 3 is 3.16 bits per heavy atom. The number of likely N-dealkylation sites (tertiary alicyclic amines) is 1. The lowest BCUT2D eigenvalue weighted by atomic mass is 9.97. The van der Waals surface area contributed by atoms with Crippen LogP contribution in [0.3, 0.4) is 0 Å². The molecule has 1 aromatic heterocycles. The summed E-state index contributed by atoms with van der Waals surface area (Å²) in [6.07, 6.45) is 10.5. The van der Waals surface area contributed by atoms with E-state index >= 15 is 0 Å². The summed E-state index contributed by atoms with van der Waals surface area (Å²) < 4.78 is 2.19. The van der Waals surface area contributed by atoms with Gasteiger partial charge in [-0.1, -0.05) is 12.2 Å². The van der Waals surface area contributed by atoms with Crippen LogP contribution < -0.4 is 0 Å². The fraction of sp³-hybridized carbons (Fsp3) is 0.600. The molecule has 1 aromatic rings. The van der Waals surface area contributed by atoms with Crippen LogP contribution in [0.5, 0.6) is 0 Å². The van der Waals surface area contributed by atoms with Crippen molar-refractivity contribution in [3.05, 3.63) is 30.4 Å². The van der Waals surface area contributed by atoms with Gasteiger partial charge in [-0.2, -0.15) is 0 Å². The molecule has 1 aliphatic rings. The zero-order chi connectivity index (χ0) is 13.7. The molecule has 0 radical (unpaired) electrons. The van der Waals surface area contributed by atoms with Crippen LogP contribution in [0.1, 0.15) is 44.9 Å². The van der Waals surface area contributed by atoms with E-state index in [9.17, 15) is 4.79 Å². The van der Waals surface area contributed by atoms with Crippen molar-refractivity contribution in [2.24, 2.45) is 0 Å². The predicted molar refractivity (Wildman–Crippen MR) is 75.9 cm³/mol. The Kier molecular flexibility index (Phi) is 4.77. The summed E-state index contributed by atoms with van der Waals surface area (Å²) in [4.78, 5) is 18.5. The predicted octanol–water partition coefficient (Wildman–Crippen LogP) is 2.58. The molecule has 1 unspecified atom stereocenters. The van der Waals surface area contributed by atoms with Crippen molar-refractivity contribution in [1.29, 1.82) is 0 Å². The molecular weight excluding hydrogens is 238 g/mol. The zero-order valence-corrected chi connectivity index (χ0v) is 11.9.